The molecule has 1 aromatic rings. The average molecular weight is 352 g/mol. The Morgan fingerprint density at radius 2 is 2.12 bits per heavy atom. The number of hydrogen-bond acceptors (Lipinski definition) is 3. The van der Waals surface area contributed by atoms with Gasteiger partial charge in [-0.25, -0.2) is 0 Å². The van der Waals surface area contributed by atoms with Gasteiger partial charge in [-0.15, -0.1) is 0 Å². The number of aryl methyl sites for hydroxylation is 1. The van der Waals surface area contributed by atoms with Crippen LogP contribution in [0.5, 0.6) is 0 Å². The lowest BCUT2D eigenvalue weighted by atomic mass is 9.78. The Labute approximate surface area is 150 Å². The maximum absolute atomic E-state index is 7.88. The molecule has 3 nitrogen and oxygen atoms in total. The molecular weight excluding hydrogens is 322 g/mol. The Morgan fingerprint density at radius 1 is 1.38 bits per heavy atom. The van der Waals surface area contributed by atoms with Crippen molar-refractivity contribution < 1.29 is 9.15 Å². The van der Waals surface area contributed by atoms with E-state index in [0.29, 0.717) is 11.8 Å². The maximum atomic E-state index is 7.88. The maximum Gasteiger partial charge on any atom is 0.132 e. The van der Waals surface area contributed by atoms with Crippen molar-refractivity contribution in [1.82, 2.24) is 0 Å². The van der Waals surface area contributed by atoms with Gasteiger partial charge in [-0.1, -0.05) is 31.5 Å². The molecule has 1 aliphatic rings. The van der Waals surface area contributed by atoms with Crippen molar-refractivity contribution in [2.24, 2.45) is 17.8 Å². The van der Waals surface area contributed by atoms with Crippen LogP contribution >= 0.6 is 11.6 Å². The van der Waals surface area contributed by atoms with Crippen LogP contribution in [0.1, 0.15) is 56.4 Å². The second kappa shape index (κ2) is 8.87. The van der Waals surface area contributed by atoms with Crippen molar-refractivity contribution in [2.45, 2.75) is 53.4 Å². The van der Waals surface area contributed by atoms with Crippen LogP contribution < -0.4 is 0 Å². The Bertz CT molecular complexity index is 590. The van der Waals surface area contributed by atoms with Crippen LogP contribution in [0.25, 0.3) is 5.57 Å². The first-order valence-electron chi connectivity index (χ1n) is 9.04. The zero-order valence-electron chi connectivity index (χ0n) is 15.3. The fourth-order valence-corrected chi connectivity index (χ4v) is 3.68. The van der Waals surface area contributed by atoms with Gasteiger partial charge in [0, 0.05) is 19.1 Å². The lowest BCUT2D eigenvalue weighted by molar-refractivity contribution is 0.0935. The van der Waals surface area contributed by atoms with Crippen molar-refractivity contribution in [1.29, 1.82) is 5.41 Å². The summed E-state index contributed by atoms with van der Waals surface area (Å²) in [5, 5.41) is 8.09. The summed E-state index contributed by atoms with van der Waals surface area (Å²) in [4.78, 5) is 0. The lowest BCUT2D eigenvalue weighted by Crippen LogP contribution is -2.21. The Hall–Kier alpha value is -1.06. The summed E-state index contributed by atoms with van der Waals surface area (Å²) >= 11 is 6.04. The van der Waals surface area contributed by atoms with E-state index in [1.807, 2.05) is 6.26 Å². The molecule has 4 heteroatoms. The quantitative estimate of drug-likeness (QED) is 0.663. The van der Waals surface area contributed by atoms with Crippen LogP contribution in [0.4, 0.5) is 0 Å². The monoisotopic (exact) mass is 351 g/mol. The van der Waals surface area contributed by atoms with Crippen molar-refractivity contribution in [3.8, 4) is 0 Å². The Balaban J connectivity index is 2.46. The SMILES string of the molecule is CCC(/C=C(\c1occ(C)c1C)C1CCCOCCC1C)C(=N)Cl. The highest BCUT2D eigenvalue weighted by Gasteiger charge is 2.28. The Kier molecular flexibility index (Phi) is 7.12. The molecule has 0 radical (unpaired) electrons. The van der Waals surface area contributed by atoms with Crippen molar-refractivity contribution >= 4 is 22.3 Å². The summed E-state index contributed by atoms with van der Waals surface area (Å²) in [6, 6.07) is 0. The van der Waals surface area contributed by atoms with Gasteiger partial charge in [0.2, 0.25) is 0 Å². The molecule has 3 atom stereocenters. The molecule has 2 rings (SSSR count). The molecule has 134 valence electrons. The van der Waals surface area contributed by atoms with Crippen molar-refractivity contribution in [3.63, 3.8) is 0 Å². The summed E-state index contributed by atoms with van der Waals surface area (Å²) < 4.78 is 11.6. The number of halogens is 1. The second-order valence-electron chi connectivity index (χ2n) is 6.98. The predicted octanol–water partition coefficient (Wildman–Crippen LogP) is 5.97. The smallest absolute Gasteiger partial charge is 0.132 e. The van der Waals surface area contributed by atoms with Crippen LogP contribution in [0.3, 0.4) is 0 Å². The minimum Gasteiger partial charge on any atom is -0.464 e. The molecule has 1 fully saturated rings. The van der Waals surface area contributed by atoms with Gasteiger partial charge in [0.25, 0.3) is 0 Å². The van der Waals surface area contributed by atoms with E-state index < -0.39 is 0 Å². The normalized spacial score (nSPS) is 24.3. The van der Waals surface area contributed by atoms with Crippen LogP contribution in [-0.2, 0) is 4.74 Å². The van der Waals surface area contributed by atoms with Gasteiger partial charge in [0.15, 0.2) is 0 Å². The van der Waals surface area contributed by atoms with E-state index >= 15 is 0 Å². The Morgan fingerprint density at radius 3 is 2.71 bits per heavy atom. The summed E-state index contributed by atoms with van der Waals surface area (Å²) in [6.07, 6.45) is 8.04. The highest BCUT2D eigenvalue weighted by atomic mass is 35.5. The predicted molar refractivity (Wildman–Crippen MR) is 101 cm³/mol. The van der Waals surface area contributed by atoms with E-state index in [4.69, 9.17) is 26.2 Å². The molecule has 0 aliphatic carbocycles. The van der Waals surface area contributed by atoms with Crippen LogP contribution in [0.2, 0.25) is 0 Å². The molecule has 1 aromatic heterocycles. The van der Waals surface area contributed by atoms with E-state index in [1.54, 1.807) is 0 Å². The molecule has 1 N–H and O–H groups in total. The van der Waals surface area contributed by atoms with Gasteiger partial charge < -0.3 is 9.15 Å². The molecule has 0 amide bonds. The number of allylic oxidation sites excluding steroid dienone is 2. The number of ether oxygens (including phenoxy) is 1. The van der Waals surface area contributed by atoms with E-state index in [2.05, 4.69) is 33.8 Å². The number of nitrogens with one attached hydrogen (secondary N) is 1. The van der Waals surface area contributed by atoms with Crippen LogP contribution in [0.15, 0.2) is 16.8 Å². The van der Waals surface area contributed by atoms with Gasteiger partial charge in [-0.05, 0) is 68.1 Å². The van der Waals surface area contributed by atoms with Crippen LogP contribution in [-0.4, -0.2) is 18.4 Å². The zero-order chi connectivity index (χ0) is 17.7. The first-order chi connectivity index (χ1) is 11.5. The highest BCUT2D eigenvalue weighted by molar-refractivity contribution is 6.65. The van der Waals surface area contributed by atoms with Crippen LogP contribution in [0, 0.1) is 37.0 Å². The van der Waals surface area contributed by atoms with Crippen molar-refractivity contribution in [2.75, 3.05) is 13.2 Å². The molecule has 3 unspecified atom stereocenters. The van der Waals surface area contributed by atoms with E-state index in [0.717, 1.165) is 44.7 Å². The molecule has 0 bridgehead atoms. The first kappa shape index (κ1) is 19.3. The fraction of sp³-hybridized carbons (Fsp3) is 0.650. The molecule has 0 saturated carbocycles. The average Bonchev–Trinajstić information content (AvgIpc) is 2.85. The highest BCUT2D eigenvalue weighted by Crippen LogP contribution is 2.39. The number of furan rings is 1. The topological polar surface area (TPSA) is 46.2 Å². The third kappa shape index (κ3) is 4.52. The van der Waals surface area contributed by atoms with Gasteiger partial charge >= 0.3 is 0 Å². The second-order valence-corrected chi connectivity index (χ2v) is 7.39. The lowest BCUT2D eigenvalue weighted by Gasteiger charge is -2.29. The molecule has 2 heterocycles. The summed E-state index contributed by atoms with van der Waals surface area (Å²) in [5.41, 5.74) is 3.60. The van der Waals surface area contributed by atoms with E-state index in [-0.39, 0.29) is 11.1 Å². The fourth-order valence-electron chi connectivity index (χ4n) is 3.47. The molecule has 1 aliphatic heterocycles. The van der Waals surface area contributed by atoms with Gasteiger partial charge in [-0.3, -0.25) is 5.41 Å². The number of rotatable bonds is 5. The summed E-state index contributed by atoms with van der Waals surface area (Å²) in [7, 11) is 0. The van der Waals surface area contributed by atoms with E-state index in [9.17, 15) is 0 Å². The van der Waals surface area contributed by atoms with Gasteiger partial charge in [0.05, 0.1) is 6.26 Å². The minimum absolute atomic E-state index is 0.0413. The number of hydrogen-bond donors (Lipinski definition) is 1. The standard InChI is InChI=1S/C20H30ClNO2/c1-5-16(20(21)22)11-18(19-15(4)14(3)12-24-19)17-7-6-9-23-10-8-13(17)2/h11-13,16-17,22H,5-10H2,1-4H3/b18-11-,22-20?. The van der Waals surface area contributed by atoms with Gasteiger partial charge in [-0.2, -0.15) is 0 Å². The molecular formula is C20H30ClNO2. The minimum atomic E-state index is -0.0413. The molecule has 1 saturated heterocycles. The first-order valence-corrected chi connectivity index (χ1v) is 9.41. The third-order valence-electron chi connectivity index (χ3n) is 5.30. The third-order valence-corrected chi connectivity index (χ3v) is 5.58. The molecule has 0 aromatic carbocycles. The largest absolute Gasteiger partial charge is 0.464 e. The van der Waals surface area contributed by atoms with Gasteiger partial charge in [0.1, 0.15) is 10.9 Å². The van der Waals surface area contributed by atoms with E-state index in [1.165, 1.54) is 16.7 Å². The zero-order valence-corrected chi connectivity index (χ0v) is 16.1. The summed E-state index contributed by atoms with van der Waals surface area (Å²) in [6.45, 7) is 10.2. The summed E-state index contributed by atoms with van der Waals surface area (Å²) in [5.74, 6) is 1.87. The molecule has 0 spiro atoms. The van der Waals surface area contributed by atoms with Crippen molar-refractivity contribution in [3.05, 3.63) is 29.2 Å². The molecule has 24 heavy (non-hydrogen) atoms.